The standard InChI is InChI=1S/C13H18N2O2/c1-13(2,3)11-7-5-10(6-8-11)9-14-15-12(16)17-4/h5-9H,1-4H3,(H,15,16). The fourth-order valence-electron chi connectivity index (χ4n) is 1.27. The van der Waals surface area contributed by atoms with Crippen LogP contribution in [0.25, 0.3) is 0 Å². The molecule has 92 valence electrons. The predicted molar refractivity (Wildman–Crippen MR) is 68.3 cm³/mol. The molecule has 4 nitrogen and oxygen atoms in total. The smallest absolute Gasteiger partial charge is 0.427 e. The Labute approximate surface area is 102 Å². The molecular weight excluding hydrogens is 216 g/mol. The van der Waals surface area contributed by atoms with E-state index in [4.69, 9.17) is 0 Å². The molecule has 17 heavy (non-hydrogen) atoms. The molecule has 0 aliphatic rings. The number of hydrogen-bond donors (Lipinski definition) is 1. The number of nitrogens with zero attached hydrogens (tertiary/aromatic N) is 1. The minimum atomic E-state index is -0.576. The molecule has 0 aromatic heterocycles. The zero-order chi connectivity index (χ0) is 12.9. The number of ether oxygens (including phenoxy) is 1. The summed E-state index contributed by atoms with van der Waals surface area (Å²) < 4.78 is 4.39. The summed E-state index contributed by atoms with van der Waals surface area (Å²) >= 11 is 0. The van der Waals surface area contributed by atoms with Gasteiger partial charge < -0.3 is 4.74 Å². The molecule has 0 spiro atoms. The number of carbonyl (C=O) groups is 1. The van der Waals surface area contributed by atoms with Gasteiger partial charge in [0, 0.05) is 0 Å². The molecule has 1 amide bonds. The van der Waals surface area contributed by atoms with Crippen molar-refractivity contribution >= 4 is 12.3 Å². The van der Waals surface area contributed by atoms with Crippen molar-refractivity contribution in [2.45, 2.75) is 26.2 Å². The van der Waals surface area contributed by atoms with Gasteiger partial charge in [0.1, 0.15) is 0 Å². The van der Waals surface area contributed by atoms with Crippen LogP contribution < -0.4 is 5.43 Å². The third kappa shape index (κ3) is 4.26. The lowest BCUT2D eigenvalue weighted by atomic mass is 9.87. The van der Waals surface area contributed by atoms with Crippen LogP contribution in [0.2, 0.25) is 0 Å². The van der Waals surface area contributed by atoms with Crippen molar-refractivity contribution in [3.8, 4) is 0 Å². The van der Waals surface area contributed by atoms with Gasteiger partial charge in [-0.15, -0.1) is 0 Å². The van der Waals surface area contributed by atoms with Crippen LogP contribution >= 0.6 is 0 Å². The second-order valence-corrected chi connectivity index (χ2v) is 4.73. The van der Waals surface area contributed by atoms with E-state index in [9.17, 15) is 4.79 Å². The monoisotopic (exact) mass is 234 g/mol. The molecule has 0 saturated heterocycles. The maximum Gasteiger partial charge on any atom is 0.427 e. The average molecular weight is 234 g/mol. The number of methoxy groups -OCH3 is 1. The topological polar surface area (TPSA) is 50.7 Å². The normalized spacial score (nSPS) is 11.5. The third-order valence-corrected chi connectivity index (χ3v) is 2.33. The molecule has 0 fully saturated rings. The fourth-order valence-corrected chi connectivity index (χ4v) is 1.27. The van der Waals surface area contributed by atoms with Crippen molar-refractivity contribution in [2.24, 2.45) is 5.10 Å². The summed E-state index contributed by atoms with van der Waals surface area (Å²) in [5, 5.41) is 3.75. The van der Waals surface area contributed by atoms with E-state index in [0.29, 0.717) is 0 Å². The maximum atomic E-state index is 10.7. The molecule has 0 aliphatic heterocycles. The molecule has 0 atom stereocenters. The Bertz CT molecular complexity index is 402. The van der Waals surface area contributed by atoms with Crippen molar-refractivity contribution in [1.29, 1.82) is 0 Å². The first-order valence-corrected chi connectivity index (χ1v) is 5.41. The van der Waals surface area contributed by atoms with Gasteiger partial charge in [0.05, 0.1) is 13.3 Å². The predicted octanol–water partition coefficient (Wildman–Crippen LogP) is 2.67. The van der Waals surface area contributed by atoms with Gasteiger partial charge in [-0.05, 0) is 16.5 Å². The van der Waals surface area contributed by atoms with Crippen LogP contribution in [0.3, 0.4) is 0 Å². The van der Waals surface area contributed by atoms with Crippen molar-refractivity contribution in [3.63, 3.8) is 0 Å². The van der Waals surface area contributed by atoms with Gasteiger partial charge in [-0.3, -0.25) is 0 Å². The van der Waals surface area contributed by atoms with Gasteiger partial charge in [0.15, 0.2) is 0 Å². The Morgan fingerprint density at radius 2 is 1.88 bits per heavy atom. The Kier molecular flexibility index (Phi) is 4.26. The number of carbonyl (C=O) groups excluding carboxylic acids is 1. The molecule has 1 aromatic rings. The summed E-state index contributed by atoms with van der Waals surface area (Å²) in [5.41, 5.74) is 4.56. The number of hydrazone groups is 1. The van der Waals surface area contributed by atoms with E-state index < -0.39 is 6.09 Å². The second-order valence-electron chi connectivity index (χ2n) is 4.73. The Balaban J connectivity index is 2.66. The minimum absolute atomic E-state index is 0.139. The maximum absolute atomic E-state index is 10.7. The van der Waals surface area contributed by atoms with E-state index in [1.165, 1.54) is 12.7 Å². The number of benzene rings is 1. The molecule has 1 aromatic carbocycles. The highest BCUT2D eigenvalue weighted by Crippen LogP contribution is 2.21. The fraction of sp³-hybridized carbons (Fsp3) is 0.385. The van der Waals surface area contributed by atoms with Gasteiger partial charge in [-0.2, -0.15) is 5.10 Å². The second kappa shape index (κ2) is 5.48. The van der Waals surface area contributed by atoms with Crippen molar-refractivity contribution < 1.29 is 9.53 Å². The first-order chi connectivity index (χ1) is 7.93. The highest BCUT2D eigenvalue weighted by molar-refractivity contribution is 5.80. The van der Waals surface area contributed by atoms with Crippen molar-refractivity contribution in [2.75, 3.05) is 7.11 Å². The molecular formula is C13H18N2O2. The largest absolute Gasteiger partial charge is 0.452 e. The molecule has 0 heterocycles. The van der Waals surface area contributed by atoms with E-state index in [2.05, 4.69) is 48.2 Å². The molecule has 1 rings (SSSR count). The molecule has 0 unspecified atom stereocenters. The number of nitrogens with one attached hydrogen (secondary N) is 1. The van der Waals surface area contributed by atoms with Crippen molar-refractivity contribution in [3.05, 3.63) is 35.4 Å². The van der Waals surface area contributed by atoms with Crippen LogP contribution in [0.1, 0.15) is 31.9 Å². The van der Waals surface area contributed by atoms with E-state index >= 15 is 0 Å². The van der Waals surface area contributed by atoms with Crippen LogP contribution in [-0.4, -0.2) is 19.4 Å². The molecule has 4 heteroatoms. The van der Waals surface area contributed by atoms with Gasteiger partial charge >= 0.3 is 6.09 Å². The summed E-state index contributed by atoms with van der Waals surface area (Å²) in [6, 6.07) is 8.03. The van der Waals surface area contributed by atoms with E-state index in [1.807, 2.05) is 12.1 Å². The number of rotatable bonds is 2. The highest BCUT2D eigenvalue weighted by Gasteiger charge is 2.12. The summed E-state index contributed by atoms with van der Waals surface area (Å²) in [6.07, 6.45) is 0.996. The van der Waals surface area contributed by atoms with Crippen LogP contribution in [0.15, 0.2) is 29.4 Å². The first kappa shape index (κ1) is 13.2. The molecule has 0 radical (unpaired) electrons. The van der Waals surface area contributed by atoms with Crippen LogP contribution in [0.5, 0.6) is 0 Å². The van der Waals surface area contributed by atoms with Crippen LogP contribution in [0.4, 0.5) is 4.79 Å². The van der Waals surface area contributed by atoms with Crippen molar-refractivity contribution in [1.82, 2.24) is 5.43 Å². The molecule has 0 aliphatic carbocycles. The minimum Gasteiger partial charge on any atom is -0.452 e. The molecule has 0 saturated carbocycles. The van der Waals surface area contributed by atoms with Gasteiger partial charge in [0.2, 0.25) is 0 Å². The van der Waals surface area contributed by atoms with Crippen LogP contribution in [-0.2, 0) is 10.2 Å². The Morgan fingerprint density at radius 1 is 1.29 bits per heavy atom. The lowest BCUT2D eigenvalue weighted by Gasteiger charge is -2.18. The summed E-state index contributed by atoms with van der Waals surface area (Å²) in [7, 11) is 1.29. The SMILES string of the molecule is COC(=O)NN=Cc1ccc(C(C)(C)C)cc1. The lowest BCUT2D eigenvalue weighted by Crippen LogP contribution is -2.16. The van der Waals surface area contributed by atoms with E-state index in [0.717, 1.165) is 5.56 Å². The first-order valence-electron chi connectivity index (χ1n) is 5.41. The van der Waals surface area contributed by atoms with Gasteiger partial charge in [-0.25, -0.2) is 10.2 Å². The van der Waals surface area contributed by atoms with E-state index in [1.54, 1.807) is 6.21 Å². The molecule has 0 bridgehead atoms. The van der Waals surface area contributed by atoms with E-state index in [-0.39, 0.29) is 5.41 Å². The number of amides is 1. The highest BCUT2D eigenvalue weighted by atomic mass is 16.5. The lowest BCUT2D eigenvalue weighted by molar-refractivity contribution is 0.171. The van der Waals surface area contributed by atoms with Gasteiger partial charge in [0.25, 0.3) is 0 Å². The van der Waals surface area contributed by atoms with Gasteiger partial charge in [-0.1, -0.05) is 45.0 Å². The summed E-state index contributed by atoms with van der Waals surface area (Å²) in [6.45, 7) is 6.48. The zero-order valence-electron chi connectivity index (χ0n) is 10.7. The Hall–Kier alpha value is -1.84. The average Bonchev–Trinajstić information content (AvgIpc) is 2.28. The molecule has 1 N–H and O–H groups in total. The third-order valence-electron chi connectivity index (χ3n) is 2.33. The Morgan fingerprint density at radius 3 is 2.35 bits per heavy atom. The summed E-state index contributed by atoms with van der Waals surface area (Å²) in [5.74, 6) is 0. The summed E-state index contributed by atoms with van der Waals surface area (Å²) in [4.78, 5) is 10.7. The van der Waals surface area contributed by atoms with Crippen LogP contribution in [0, 0.1) is 0 Å². The quantitative estimate of drug-likeness (QED) is 0.631. The zero-order valence-corrected chi connectivity index (χ0v) is 10.7. The number of hydrogen-bond acceptors (Lipinski definition) is 3.